The van der Waals surface area contributed by atoms with Gasteiger partial charge in [-0.3, -0.25) is 14.9 Å². The van der Waals surface area contributed by atoms with Gasteiger partial charge in [0.25, 0.3) is 0 Å². The molecular formula is C27H34B2N8O. The highest BCUT2D eigenvalue weighted by atomic mass is 16.5. The molecule has 2 aromatic heterocycles. The van der Waals surface area contributed by atoms with E-state index >= 15 is 0 Å². The fourth-order valence-electron chi connectivity index (χ4n) is 6.00. The van der Waals surface area contributed by atoms with Crippen molar-refractivity contribution in [1.29, 1.82) is 5.26 Å². The van der Waals surface area contributed by atoms with Crippen molar-refractivity contribution in [3.05, 3.63) is 41.1 Å². The Hall–Kier alpha value is -3.19. The molecule has 3 atom stereocenters. The number of nitriles is 1. The molecule has 6 rings (SSSR count). The Bertz CT molecular complexity index is 1400. The predicted octanol–water partition coefficient (Wildman–Crippen LogP) is -1.01. The monoisotopic (exact) mass is 508 g/mol. The Labute approximate surface area is 226 Å². The maximum absolute atomic E-state index is 9.64. The number of hydrogen-bond donors (Lipinski definition) is 1. The zero-order valence-electron chi connectivity index (χ0n) is 22.7. The number of rotatable bonds is 4. The van der Waals surface area contributed by atoms with Gasteiger partial charge >= 0.3 is 0 Å². The van der Waals surface area contributed by atoms with Crippen LogP contribution in [0.4, 0.5) is 11.5 Å². The van der Waals surface area contributed by atoms with E-state index in [0.717, 1.165) is 80.6 Å². The molecule has 0 spiro atoms. The molecule has 0 amide bonds. The van der Waals surface area contributed by atoms with E-state index < -0.39 is 0 Å². The predicted molar refractivity (Wildman–Crippen MR) is 155 cm³/mol. The molecule has 1 aromatic carbocycles. The van der Waals surface area contributed by atoms with Gasteiger partial charge in [-0.2, -0.15) is 5.26 Å². The normalized spacial score (nSPS) is 24.0. The Morgan fingerprint density at radius 2 is 1.74 bits per heavy atom. The number of fused-ring (bicyclic) bond motifs is 2. The minimum atomic E-state index is 0.0983. The van der Waals surface area contributed by atoms with Gasteiger partial charge in [0.1, 0.15) is 22.9 Å². The zero-order valence-corrected chi connectivity index (χ0v) is 22.7. The van der Waals surface area contributed by atoms with Crippen LogP contribution in [0.15, 0.2) is 24.3 Å². The summed E-state index contributed by atoms with van der Waals surface area (Å²) in [4.78, 5) is 21.8. The summed E-state index contributed by atoms with van der Waals surface area (Å²) in [6.45, 7) is 11.6. The third-order valence-corrected chi connectivity index (χ3v) is 8.19. The van der Waals surface area contributed by atoms with Crippen LogP contribution >= 0.6 is 0 Å². The highest BCUT2D eigenvalue weighted by Crippen LogP contribution is 2.29. The van der Waals surface area contributed by atoms with Crippen molar-refractivity contribution >= 4 is 49.4 Å². The van der Waals surface area contributed by atoms with Gasteiger partial charge in [0, 0.05) is 69.6 Å². The van der Waals surface area contributed by atoms with Crippen LogP contribution in [0, 0.1) is 11.3 Å². The highest BCUT2D eigenvalue weighted by Gasteiger charge is 2.30. The Kier molecular flexibility index (Phi) is 6.72. The first-order chi connectivity index (χ1) is 18.4. The number of benzene rings is 1. The smallest absolute Gasteiger partial charge is 0.165 e. The van der Waals surface area contributed by atoms with Crippen LogP contribution in [-0.2, 0) is 11.3 Å². The topological polar surface area (TPSA) is 93.4 Å². The van der Waals surface area contributed by atoms with E-state index in [1.54, 1.807) is 0 Å². The van der Waals surface area contributed by atoms with Crippen LogP contribution in [0.25, 0.3) is 11.0 Å². The van der Waals surface area contributed by atoms with Crippen molar-refractivity contribution < 1.29 is 4.74 Å². The number of anilines is 2. The third-order valence-electron chi connectivity index (χ3n) is 8.19. The SMILES string of the molecule is Bc1nc2c(C#N)ccc(N3C[C@H](CN4CCN(c5ccc6c(n5)CN[C@@H]6C)CC4)O[C@H](C)C3)c2nc1B. The molecule has 1 N–H and O–H groups in total. The summed E-state index contributed by atoms with van der Waals surface area (Å²) in [5.41, 5.74) is 7.36. The van der Waals surface area contributed by atoms with Crippen LogP contribution in [0.3, 0.4) is 0 Å². The number of aromatic nitrogens is 3. The van der Waals surface area contributed by atoms with E-state index in [-0.39, 0.29) is 12.2 Å². The number of nitrogens with one attached hydrogen (secondary N) is 1. The average Bonchev–Trinajstić information content (AvgIpc) is 3.29. The second kappa shape index (κ2) is 10.2. The molecule has 2 saturated heterocycles. The lowest BCUT2D eigenvalue weighted by Crippen LogP contribution is -2.54. The molecule has 194 valence electrons. The summed E-state index contributed by atoms with van der Waals surface area (Å²) in [7, 11) is 3.92. The van der Waals surface area contributed by atoms with Crippen LogP contribution in [0.5, 0.6) is 0 Å². The molecule has 0 saturated carbocycles. The number of pyridine rings is 1. The van der Waals surface area contributed by atoms with E-state index in [1.807, 2.05) is 27.8 Å². The molecule has 2 fully saturated rings. The van der Waals surface area contributed by atoms with E-state index in [0.29, 0.717) is 17.1 Å². The summed E-state index contributed by atoms with van der Waals surface area (Å²) in [5, 5.41) is 13.1. The second-order valence-corrected chi connectivity index (χ2v) is 10.9. The number of morpholine rings is 1. The molecule has 3 aliphatic rings. The molecule has 0 aliphatic carbocycles. The van der Waals surface area contributed by atoms with Crippen LogP contribution < -0.4 is 26.3 Å². The van der Waals surface area contributed by atoms with Crippen LogP contribution in [0.2, 0.25) is 0 Å². The molecule has 38 heavy (non-hydrogen) atoms. The van der Waals surface area contributed by atoms with Crippen LogP contribution in [-0.4, -0.2) is 93.6 Å². The van der Waals surface area contributed by atoms with E-state index in [2.05, 4.69) is 52.1 Å². The quantitative estimate of drug-likeness (QED) is 0.446. The first-order valence-corrected chi connectivity index (χ1v) is 13.7. The first kappa shape index (κ1) is 25.1. The lowest BCUT2D eigenvalue weighted by Gasteiger charge is -2.42. The summed E-state index contributed by atoms with van der Waals surface area (Å²) < 4.78 is 6.41. The standard InChI is InChI=1S/C27H34B2N8O/c1-16-13-37(22-5-3-18(11-30)24-25(22)34-27(29)26(28)33-24)15-19(38-16)14-35-7-9-36(10-8-35)23-6-4-20-17(2)31-12-21(20)32-23/h3-6,16-17,19,31H,7-10,12-15,28-29H2,1-2H3/t16-,17-,19+/m1/s1. The molecule has 0 bridgehead atoms. The van der Waals surface area contributed by atoms with Crippen molar-refractivity contribution in [3.8, 4) is 6.07 Å². The average molecular weight is 508 g/mol. The van der Waals surface area contributed by atoms with Crippen molar-refractivity contribution in [2.45, 2.75) is 38.6 Å². The van der Waals surface area contributed by atoms with Crippen molar-refractivity contribution in [2.24, 2.45) is 0 Å². The van der Waals surface area contributed by atoms with Gasteiger partial charge < -0.3 is 19.9 Å². The minimum absolute atomic E-state index is 0.0983. The van der Waals surface area contributed by atoms with Gasteiger partial charge in [0.15, 0.2) is 15.7 Å². The van der Waals surface area contributed by atoms with Gasteiger partial charge in [-0.25, -0.2) is 4.98 Å². The number of hydrogen-bond acceptors (Lipinski definition) is 9. The molecule has 3 aliphatic heterocycles. The fourth-order valence-corrected chi connectivity index (χ4v) is 6.00. The van der Waals surface area contributed by atoms with Gasteiger partial charge in [-0.1, -0.05) is 6.07 Å². The lowest BCUT2D eigenvalue weighted by atomic mass is 9.90. The number of nitrogens with zero attached hydrogens (tertiary/aromatic N) is 7. The minimum Gasteiger partial charge on any atom is -0.370 e. The highest BCUT2D eigenvalue weighted by molar-refractivity contribution is 6.46. The van der Waals surface area contributed by atoms with Crippen LogP contribution in [0.1, 0.15) is 36.7 Å². The van der Waals surface area contributed by atoms with Crippen molar-refractivity contribution in [1.82, 2.24) is 25.2 Å². The molecule has 5 heterocycles. The third kappa shape index (κ3) is 4.73. The maximum atomic E-state index is 9.64. The summed E-state index contributed by atoms with van der Waals surface area (Å²) in [6, 6.07) is 11.0. The molecule has 9 nitrogen and oxygen atoms in total. The molecular weight excluding hydrogens is 474 g/mol. The van der Waals surface area contributed by atoms with E-state index in [9.17, 15) is 5.26 Å². The molecule has 3 aromatic rings. The van der Waals surface area contributed by atoms with Crippen molar-refractivity contribution in [2.75, 3.05) is 55.6 Å². The van der Waals surface area contributed by atoms with Gasteiger partial charge in [-0.15, -0.1) is 0 Å². The number of piperazine rings is 1. The fraction of sp³-hybridized carbons (Fsp3) is 0.481. The lowest BCUT2D eigenvalue weighted by molar-refractivity contribution is -0.0327. The molecule has 0 radical (unpaired) electrons. The van der Waals surface area contributed by atoms with Gasteiger partial charge in [0.05, 0.1) is 29.2 Å². The summed E-state index contributed by atoms with van der Waals surface area (Å²) in [5.74, 6) is 1.09. The summed E-state index contributed by atoms with van der Waals surface area (Å²) in [6.07, 6.45) is 0.202. The molecule has 0 unspecified atom stereocenters. The summed E-state index contributed by atoms with van der Waals surface area (Å²) >= 11 is 0. The Morgan fingerprint density at radius 1 is 0.974 bits per heavy atom. The van der Waals surface area contributed by atoms with Gasteiger partial charge in [0.2, 0.25) is 0 Å². The van der Waals surface area contributed by atoms with Crippen molar-refractivity contribution in [3.63, 3.8) is 0 Å². The van der Waals surface area contributed by atoms with E-state index in [4.69, 9.17) is 19.7 Å². The largest absolute Gasteiger partial charge is 0.370 e. The maximum Gasteiger partial charge on any atom is 0.165 e. The number of ether oxygens (including phenoxy) is 1. The Morgan fingerprint density at radius 3 is 2.50 bits per heavy atom. The zero-order chi connectivity index (χ0) is 26.4. The first-order valence-electron chi connectivity index (χ1n) is 13.7. The molecule has 11 heteroatoms. The second-order valence-electron chi connectivity index (χ2n) is 10.9. The Balaban J connectivity index is 1.13. The van der Waals surface area contributed by atoms with E-state index in [1.165, 1.54) is 11.3 Å². The van der Waals surface area contributed by atoms with Gasteiger partial charge in [-0.05, 0) is 37.6 Å².